The van der Waals surface area contributed by atoms with Crippen LogP contribution in [0.1, 0.15) is 20.8 Å². The van der Waals surface area contributed by atoms with Gasteiger partial charge in [0.1, 0.15) is 5.60 Å². The molecule has 2 aliphatic heterocycles. The molecule has 0 radical (unpaired) electrons. The van der Waals surface area contributed by atoms with Crippen molar-refractivity contribution in [3.05, 3.63) is 0 Å². The van der Waals surface area contributed by atoms with E-state index in [1.807, 2.05) is 25.7 Å². The number of fused-ring (bicyclic) bond motifs is 1. The molecular formula is C11H21ClN2O2. The van der Waals surface area contributed by atoms with Gasteiger partial charge in [-0.3, -0.25) is 0 Å². The zero-order valence-electron chi connectivity index (χ0n) is 10.2. The highest BCUT2D eigenvalue weighted by molar-refractivity contribution is 5.85. The van der Waals surface area contributed by atoms with E-state index in [0.29, 0.717) is 11.8 Å². The summed E-state index contributed by atoms with van der Waals surface area (Å²) in [4.78, 5) is 13.6. The number of likely N-dealkylation sites (tertiary alicyclic amines) is 1. The standard InChI is InChI=1S/C11H20N2O2.ClH/c1-11(2,3)15-10(14)13-6-8-4-12-5-9(8)7-13;/h8-9,12H,4-7H2,1-3H3;1H/t8-,9-;/m0./s1. The summed E-state index contributed by atoms with van der Waals surface area (Å²) >= 11 is 0. The van der Waals surface area contributed by atoms with Gasteiger partial charge in [0.05, 0.1) is 0 Å². The molecular weight excluding hydrogens is 228 g/mol. The van der Waals surface area contributed by atoms with E-state index in [0.717, 1.165) is 26.2 Å². The van der Waals surface area contributed by atoms with Crippen LogP contribution in [-0.2, 0) is 4.74 Å². The van der Waals surface area contributed by atoms with E-state index in [4.69, 9.17) is 4.74 Å². The fourth-order valence-corrected chi connectivity index (χ4v) is 2.33. The van der Waals surface area contributed by atoms with Crippen LogP contribution in [0.15, 0.2) is 0 Å². The van der Waals surface area contributed by atoms with Crippen LogP contribution in [0.5, 0.6) is 0 Å². The van der Waals surface area contributed by atoms with Gasteiger partial charge < -0.3 is 15.0 Å². The van der Waals surface area contributed by atoms with Crippen molar-refractivity contribution in [1.29, 1.82) is 0 Å². The Kier molecular flexibility index (Phi) is 4.07. The molecule has 2 saturated heterocycles. The molecule has 0 saturated carbocycles. The maximum Gasteiger partial charge on any atom is 0.410 e. The molecule has 0 aromatic carbocycles. The number of nitrogens with zero attached hydrogens (tertiary/aromatic N) is 1. The number of halogens is 1. The molecule has 94 valence electrons. The van der Waals surface area contributed by atoms with Crippen molar-refractivity contribution in [2.24, 2.45) is 11.8 Å². The fraction of sp³-hybridized carbons (Fsp3) is 0.909. The first-order chi connectivity index (χ1) is 6.96. The van der Waals surface area contributed by atoms with Gasteiger partial charge in [0.15, 0.2) is 0 Å². The Morgan fingerprint density at radius 1 is 1.25 bits per heavy atom. The molecule has 2 rings (SSSR count). The van der Waals surface area contributed by atoms with Crippen LogP contribution in [0.4, 0.5) is 4.79 Å². The van der Waals surface area contributed by atoms with Crippen molar-refractivity contribution in [3.63, 3.8) is 0 Å². The van der Waals surface area contributed by atoms with E-state index in [9.17, 15) is 4.79 Å². The van der Waals surface area contributed by atoms with E-state index in [1.165, 1.54) is 0 Å². The summed E-state index contributed by atoms with van der Waals surface area (Å²) in [6.45, 7) is 9.52. The van der Waals surface area contributed by atoms with Crippen molar-refractivity contribution in [3.8, 4) is 0 Å². The first-order valence-electron chi connectivity index (χ1n) is 5.64. The van der Waals surface area contributed by atoms with Crippen LogP contribution in [0, 0.1) is 11.8 Å². The molecule has 0 aromatic heterocycles. The minimum atomic E-state index is -0.382. The predicted molar refractivity (Wildman–Crippen MR) is 64.9 cm³/mol. The summed E-state index contributed by atoms with van der Waals surface area (Å²) in [6, 6.07) is 0. The smallest absolute Gasteiger partial charge is 0.410 e. The summed E-state index contributed by atoms with van der Waals surface area (Å²) in [6.07, 6.45) is -0.156. The molecule has 2 aliphatic rings. The maximum absolute atomic E-state index is 11.8. The zero-order valence-corrected chi connectivity index (χ0v) is 11.0. The van der Waals surface area contributed by atoms with Gasteiger partial charge >= 0.3 is 6.09 Å². The lowest BCUT2D eigenvalue weighted by Crippen LogP contribution is -2.36. The molecule has 2 heterocycles. The third kappa shape index (κ3) is 3.01. The van der Waals surface area contributed by atoms with Crippen molar-refractivity contribution in [1.82, 2.24) is 10.2 Å². The maximum atomic E-state index is 11.8. The quantitative estimate of drug-likeness (QED) is 0.706. The van der Waals surface area contributed by atoms with Gasteiger partial charge in [-0.1, -0.05) is 0 Å². The van der Waals surface area contributed by atoms with Gasteiger partial charge in [-0.15, -0.1) is 12.4 Å². The number of carbonyl (C=O) groups is 1. The highest BCUT2D eigenvalue weighted by Crippen LogP contribution is 2.27. The number of carbonyl (C=O) groups excluding carboxylic acids is 1. The molecule has 0 aromatic rings. The fourth-order valence-electron chi connectivity index (χ4n) is 2.33. The molecule has 0 aliphatic carbocycles. The Hall–Kier alpha value is -0.480. The number of hydrogen-bond acceptors (Lipinski definition) is 3. The third-order valence-corrected chi connectivity index (χ3v) is 3.04. The molecule has 1 N–H and O–H groups in total. The van der Waals surface area contributed by atoms with Crippen molar-refractivity contribution in [2.45, 2.75) is 26.4 Å². The lowest BCUT2D eigenvalue weighted by Gasteiger charge is -2.24. The summed E-state index contributed by atoms with van der Waals surface area (Å²) in [5.74, 6) is 1.27. The molecule has 0 unspecified atom stereocenters. The number of nitrogens with one attached hydrogen (secondary N) is 1. The first kappa shape index (κ1) is 13.6. The third-order valence-electron chi connectivity index (χ3n) is 3.04. The van der Waals surface area contributed by atoms with Crippen molar-refractivity contribution in [2.75, 3.05) is 26.2 Å². The molecule has 4 nitrogen and oxygen atoms in total. The lowest BCUT2D eigenvalue weighted by molar-refractivity contribution is 0.0281. The van der Waals surface area contributed by atoms with Crippen LogP contribution >= 0.6 is 12.4 Å². The van der Waals surface area contributed by atoms with E-state index >= 15 is 0 Å². The highest BCUT2D eigenvalue weighted by Gasteiger charge is 2.39. The molecule has 0 spiro atoms. The SMILES string of the molecule is CC(C)(C)OC(=O)N1C[C@@H]2CNC[C@H]2C1.Cl. The van der Waals surface area contributed by atoms with Crippen LogP contribution in [0.25, 0.3) is 0 Å². The van der Waals surface area contributed by atoms with Gasteiger partial charge in [0.25, 0.3) is 0 Å². The molecule has 0 bridgehead atoms. The second-order valence-electron chi connectivity index (χ2n) is 5.56. The Labute approximate surface area is 103 Å². The monoisotopic (exact) mass is 248 g/mol. The Balaban J connectivity index is 0.00000128. The molecule has 2 fully saturated rings. The largest absolute Gasteiger partial charge is 0.444 e. The Morgan fingerprint density at radius 3 is 2.19 bits per heavy atom. The van der Waals surface area contributed by atoms with Gasteiger partial charge in [-0.2, -0.15) is 0 Å². The van der Waals surface area contributed by atoms with Crippen molar-refractivity contribution >= 4 is 18.5 Å². The van der Waals surface area contributed by atoms with Gasteiger partial charge in [-0.05, 0) is 32.6 Å². The topological polar surface area (TPSA) is 41.6 Å². The first-order valence-corrected chi connectivity index (χ1v) is 5.64. The summed E-state index contributed by atoms with van der Waals surface area (Å²) in [5.41, 5.74) is -0.382. The highest BCUT2D eigenvalue weighted by atomic mass is 35.5. The van der Waals surface area contributed by atoms with Crippen molar-refractivity contribution < 1.29 is 9.53 Å². The van der Waals surface area contributed by atoms with Gasteiger partial charge in [0, 0.05) is 26.2 Å². The van der Waals surface area contributed by atoms with E-state index in [-0.39, 0.29) is 24.1 Å². The Morgan fingerprint density at radius 2 is 1.75 bits per heavy atom. The van der Waals surface area contributed by atoms with Crippen LogP contribution in [0.2, 0.25) is 0 Å². The van der Waals surface area contributed by atoms with Gasteiger partial charge in [-0.25, -0.2) is 4.79 Å². The average Bonchev–Trinajstić information content (AvgIpc) is 2.56. The minimum absolute atomic E-state index is 0. The van der Waals surface area contributed by atoms with E-state index < -0.39 is 0 Å². The normalized spacial score (nSPS) is 28.6. The number of ether oxygens (including phenoxy) is 1. The number of rotatable bonds is 0. The summed E-state index contributed by atoms with van der Waals surface area (Å²) in [7, 11) is 0. The van der Waals surface area contributed by atoms with E-state index in [2.05, 4.69) is 5.32 Å². The second kappa shape index (κ2) is 4.80. The van der Waals surface area contributed by atoms with Crippen LogP contribution < -0.4 is 5.32 Å². The average molecular weight is 249 g/mol. The lowest BCUT2D eigenvalue weighted by atomic mass is 10.0. The van der Waals surface area contributed by atoms with E-state index in [1.54, 1.807) is 0 Å². The predicted octanol–water partition coefficient (Wildman–Crippen LogP) is 1.49. The minimum Gasteiger partial charge on any atom is -0.444 e. The summed E-state index contributed by atoms with van der Waals surface area (Å²) < 4.78 is 5.35. The molecule has 2 atom stereocenters. The van der Waals surface area contributed by atoms with Crippen LogP contribution in [-0.4, -0.2) is 42.8 Å². The van der Waals surface area contributed by atoms with Gasteiger partial charge in [0.2, 0.25) is 0 Å². The second-order valence-corrected chi connectivity index (χ2v) is 5.56. The Bertz CT molecular complexity index is 253. The van der Waals surface area contributed by atoms with Crippen LogP contribution in [0.3, 0.4) is 0 Å². The number of amides is 1. The molecule has 16 heavy (non-hydrogen) atoms. The summed E-state index contributed by atoms with van der Waals surface area (Å²) in [5, 5.41) is 3.35. The molecule has 5 heteroatoms. The molecule has 1 amide bonds. The number of hydrogen-bond donors (Lipinski definition) is 1. The zero-order chi connectivity index (χ0) is 11.1.